The molecule has 3 saturated heterocycles. The summed E-state index contributed by atoms with van der Waals surface area (Å²) in [5, 5.41) is 3.43. The van der Waals surface area contributed by atoms with Crippen LogP contribution in [0.15, 0.2) is 0 Å². The van der Waals surface area contributed by atoms with Gasteiger partial charge in [0.1, 0.15) is 0 Å². The molecular formula is C16H29N3O2. The van der Waals surface area contributed by atoms with Crippen molar-refractivity contribution in [1.82, 2.24) is 15.1 Å². The lowest BCUT2D eigenvalue weighted by Crippen LogP contribution is -2.51. The van der Waals surface area contributed by atoms with Crippen molar-refractivity contribution in [2.75, 3.05) is 45.9 Å². The molecule has 3 atom stereocenters. The minimum Gasteiger partial charge on any atom is -0.379 e. The molecule has 0 radical (unpaired) electrons. The van der Waals surface area contributed by atoms with Crippen LogP contribution in [0.2, 0.25) is 0 Å². The molecule has 3 rings (SSSR count). The van der Waals surface area contributed by atoms with Gasteiger partial charge in [0.15, 0.2) is 0 Å². The average Bonchev–Trinajstić information content (AvgIpc) is 3.05. The Labute approximate surface area is 128 Å². The molecule has 1 amide bonds. The van der Waals surface area contributed by atoms with E-state index in [2.05, 4.69) is 22.0 Å². The number of rotatable bonds is 3. The average molecular weight is 295 g/mol. The summed E-state index contributed by atoms with van der Waals surface area (Å²) < 4.78 is 5.42. The molecule has 0 aromatic rings. The quantitative estimate of drug-likeness (QED) is 0.832. The molecule has 3 fully saturated rings. The van der Waals surface area contributed by atoms with E-state index in [1.165, 1.54) is 12.8 Å². The van der Waals surface area contributed by atoms with Gasteiger partial charge < -0.3 is 15.0 Å². The molecule has 0 saturated carbocycles. The van der Waals surface area contributed by atoms with E-state index >= 15 is 0 Å². The van der Waals surface area contributed by atoms with Gasteiger partial charge in [-0.05, 0) is 31.7 Å². The molecule has 5 heteroatoms. The third-order valence-electron chi connectivity index (χ3n) is 5.42. The number of piperidine rings is 1. The number of hydrogen-bond acceptors (Lipinski definition) is 4. The molecular weight excluding hydrogens is 266 g/mol. The molecule has 3 aliphatic heterocycles. The number of carbonyl (C=O) groups excluding carboxylic acids is 1. The zero-order valence-corrected chi connectivity index (χ0v) is 13.2. The third kappa shape index (κ3) is 3.58. The van der Waals surface area contributed by atoms with Crippen LogP contribution in [0.4, 0.5) is 0 Å². The van der Waals surface area contributed by atoms with Gasteiger partial charge in [0.2, 0.25) is 5.91 Å². The lowest BCUT2D eigenvalue weighted by molar-refractivity contribution is -0.133. The van der Waals surface area contributed by atoms with Crippen LogP contribution >= 0.6 is 0 Å². The largest absolute Gasteiger partial charge is 0.379 e. The van der Waals surface area contributed by atoms with Crippen LogP contribution in [0.5, 0.6) is 0 Å². The molecule has 0 aromatic heterocycles. The molecule has 0 aromatic carbocycles. The van der Waals surface area contributed by atoms with Gasteiger partial charge in [-0.2, -0.15) is 0 Å². The highest BCUT2D eigenvalue weighted by Gasteiger charge is 2.35. The Morgan fingerprint density at radius 1 is 1.24 bits per heavy atom. The summed E-state index contributed by atoms with van der Waals surface area (Å²) in [6, 6.07) is 0.607. The summed E-state index contributed by atoms with van der Waals surface area (Å²) in [5.41, 5.74) is 0. The SMILES string of the molecule is CCC1CCNC(C(=O)N2CCC(N3CCOCC3)C2)C1. The fourth-order valence-corrected chi connectivity index (χ4v) is 3.96. The Morgan fingerprint density at radius 3 is 2.81 bits per heavy atom. The van der Waals surface area contributed by atoms with Crippen molar-refractivity contribution in [2.45, 2.75) is 44.7 Å². The van der Waals surface area contributed by atoms with Gasteiger partial charge in [-0.15, -0.1) is 0 Å². The van der Waals surface area contributed by atoms with Crippen LogP contribution in [-0.2, 0) is 9.53 Å². The molecule has 3 heterocycles. The summed E-state index contributed by atoms with van der Waals surface area (Å²) in [4.78, 5) is 17.3. The van der Waals surface area contributed by atoms with Gasteiger partial charge in [0.05, 0.1) is 19.3 Å². The highest BCUT2D eigenvalue weighted by atomic mass is 16.5. The maximum absolute atomic E-state index is 12.7. The van der Waals surface area contributed by atoms with E-state index in [1.54, 1.807) is 0 Å². The summed E-state index contributed by atoms with van der Waals surface area (Å²) in [6.07, 6.45) is 4.56. The number of ether oxygens (including phenoxy) is 1. The van der Waals surface area contributed by atoms with E-state index in [1.807, 2.05) is 0 Å². The summed E-state index contributed by atoms with van der Waals surface area (Å²) >= 11 is 0. The summed E-state index contributed by atoms with van der Waals surface area (Å²) in [7, 11) is 0. The maximum atomic E-state index is 12.7. The van der Waals surface area contributed by atoms with E-state index in [0.717, 1.165) is 64.7 Å². The number of carbonyl (C=O) groups is 1. The van der Waals surface area contributed by atoms with Crippen molar-refractivity contribution in [3.05, 3.63) is 0 Å². The highest BCUT2D eigenvalue weighted by Crippen LogP contribution is 2.23. The number of nitrogens with one attached hydrogen (secondary N) is 1. The number of likely N-dealkylation sites (tertiary alicyclic amines) is 1. The first kappa shape index (κ1) is 15.3. The van der Waals surface area contributed by atoms with Gasteiger partial charge in [0.25, 0.3) is 0 Å². The standard InChI is InChI=1S/C16H29N3O2/c1-2-13-3-5-17-15(11-13)16(20)19-6-4-14(12-19)18-7-9-21-10-8-18/h13-15,17H,2-12H2,1H3. The molecule has 0 bridgehead atoms. The lowest BCUT2D eigenvalue weighted by atomic mass is 9.90. The van der Waals surface area contributed by atoms with Crippen molar-refractivity contribution >= 4 is 5.91 Å². The predicted molar refractivity (Wildman–Crippen MR) is 82.2 cm³/mol. The minimum absolute atomic E-state index is 0.0622. The Morgan fingerprint density at radius 2 is 2.05 bits per heavy atom. The van der Waals surface area contributed by atoms with Crippen LogP contribution in [0.1, 0.15) is 32.6 Å². The second-order valence-electron chi connectivity index (χ2n) is 6.68. The first-order valence-electron chi connectivity index (χ1n) is 8.62. The van der Waals surface area contributed by atoms with Gasteiger partial charge in [0, 0.05) is 32.2 Å². The minimum atomic E-state index is 0.0622. The first-order valence-corrected chi connectivity index (χ1v) is 8.62. The Kier molecular flexibility index (Phi) is 5.14. The maximum Gasteiger partial charge on any atom is 0.239 e. The normalized spacial score (nSPS) is 35.1. The van der Waals surface area contributed by atoms with Crippen LogP contribution in [0.3, 0.4) is 0 Å². The number of nitrogens with zero attached hydrogens (tertiary/aromatic N) is 2. The van der Waals surface area contributed by atoms with Crippen LogP contribution in [-0.4, -0.2) is 73.7 Å². The van der Waals surface area contributed by atoms with Gasteiger partial charge in [-0.25, -0.2) is 0 Å². The van der Waals surface area contributed by atoms with E-state index in [4.69, 9.17) is 4.74 Å². The summed E-state index contributed by atoms with van der Waals surface area (Å²) in [5.74, 6) is 1.06. The monoisotopic (exact) mass is 295 g/mol. The molecule has 1 N–H and O–H groups in total. The topological polar surface area (TPSA) is 44.8 Å². The number of amides is 1. The Balaban J connectivity index is 1.51. The van der Waals surface area contributed by atoms with Gasteiger partial charge in [-0.3, -0.25) is 9.69 Å². The van der Waals surface area contributed by atoms with Crippen LogP contribution < -0.4 is 5.32 Å². The lowest BCUT2D eigenvalue weighted by Gasteiger charge is -2.33. The zero-order valence-electron chi connectivity index (χ0n) is 13.2. The van der Waals surface area contributed by atoms with Crippen LogP contribution in [0, 0.1) is 5.92 Å². The second kappa shape index (κ2) is 7.07. The Hall–Kier alpha value is -0.650. The summed E-state index contributed by atoms with van der Waals surface area (Å²) in [6.45, 7) is 8.79. The van der Waals surface area contributed by atoms with Gasteiger partial charge in [-0.1, -0.05) is 13.3 Å². The van der Waals surface area contributed by atoms with E-state index in [9.17, 15) is 4.79 Å². The van der Waals surface area contributed by atoms with Crippen molar-refractivity contribution in [3.8, 4) is 0 Å². The fourth-order valence-electron chi connectivity index (χ4n) is 3.96. The predicted octanol–water partition coefficient (Wildman–Crippen LogP) is 0.698. The zero-order chi connectivity index (χ0) is 14.7. The van der Waals surface area contributed by atoms with Crippen LogP contribution in [0.25, 0.3) is 0 Å². The molecule has 0 aliphatic carbocycles. The van der Waals surface area contributed by atoms with E-state index in [0.29, 0.717) is 11.9 Å². The molecule has 120 valence electrons. The van der Waals surface area contributed by atoms with Crippen molar-refractivity contribution in [3.63, 3.8) is 0 Å². The van der Waals surface area contributed by atoms with Crippen molar-refractivity contribution in [1.29, 1.82) is 0 Å². The highest BCUT2D eigenvalue weighted by molar-refractivity contribution is 5.82. The first-order chi connectivity index (χ1) is 10.3. The van der Waals surface area contributed by atoms with Crippen molar-refractivity contribution < 1.29 is 9.53 Å². The Bertz CT molecular complexity index is 357. The smallest absolute Gasteiger partial charge is 0.239 e. The molecule has 21 heavy (non-hydrogen) atoms. The molecule has 3 aliphatic rings. The fraction of sp³-hybridized carbons (Fsp3) is 0.938. The van der Waals surface area contributed by atoms with Gasteiger partial charge >= 0.3 is 0 Å². The second-order valence-corrected chi connectivity index (χ2v) is 6.68. The number of morpholine rings is 1. The third-order valence-corrected chi connectivity index (χ3v) is 5.42. The molecule has 5 nitrogen and oxygen atoms in total. The number of hydrogen-bond donors (Lipinski definition) is 1. The van der Waals surface area contributed by atoms with E-state index < -0.39 is 0 Å². The molecule has 3 unspecified atom stereocenters. The molecule has 0 spiro atoms. The van der Waals surface area contributed by atoms with E-state index in [-0.39, 0.29) is 6.04 Å². The van der Waals surface area contributed by atoms with Crippen molar-refractivity contribution in [2.24, 2.45) is 5.92 Å².